The molecule has 0 aliphatic carbocycles. The average Bonchev–Trinajstić information content (AvgIpc) is 2.50. The molecule has 0 bridgehead atoms. The lowest BCUT2D eigenvalue weighted by Gasteiger charge is -2.20. The third kappa shape index (κ3) is 4.13. The van der Waals surface area contributed by atoms with Crippen molar-refractivity contribution in [3.8, 4) is 0 Å². The fraction of sp³-hybridized carbons (Fsp3) is 0.286. The Labute approximate surface area is 122 Å². The molecule has 0 spiro atoms. The lowest BCUT2D eigenvalue weighted by atomic mass is 10.2. The molecule has 0 fully saturated rings. The van der Waals surface area contributed by atoms with Gasteiger partial charge in [0.15, 0.2) is 0 Å². The van der Waals surface area contributed by atoms with Crippen LogP contribution in [0.5, 0.6) is 0 Å². The molecule has 0 aliphatic heterocycles. The van der Waals surface area contributed by atoms with E-state index in [9.17, 15) is 4.79 Å². The van der Waals surface area contributed by atoms with E-state index in [1.807, 2.05) is 12.1 Å². The molecule has 0 amide bonds. The fourth-order valence-corrected chi connectivity index (χ4v) is 1.89. The number of aromatic amines is 1. The predicted octanol–water partition coefficient (Wildman–Crippen LogP) is 1.46. The first-order valence-corrected chi connectivity index (χ1v) is 6.79. The Morgan fingerprint density at radius 3 is 2.62 bits per heavy atom. The molecule has 7 heteroatoms. The molecule has 1 heterocycles. The molecule has 0 radical (unpaired) electrons. The first-order valence-electron chi connectivity index (χ1n) is 6.79. The van der Waals surface area contributed by atoms with Gasteiger partial charge in [-0.1, -0.05) is 12.1 Å². The van der Waals surface area contributed by atoms with Crippen LogP contribution in [0.15, 0.2) is 40.4 Å². The van der Waals surface area contributed by atoms with Crippen LogP contribution in [0.3, 0.4) is 0 Å². The number of anilines is 2. The van der Waals surface area contributed by atoms with Crippen LogP contribution in [0, 0.1) is 0 Å². The van der Waals surface area contributed by atoms with Crippen molar-refractivity contribution in [1.29, 1.82) is 0 Å². The summed E-state index contributed by atoms with van der Waals surface area (Å²) in [6, 6.07) is 8.08. The van der Waals surface area contributed by atoms with Crippen molar-refractivity contribution >= 4 is 17.9 Å². The fourth-order valence-electron chi connectivity index (χ4n) is 1.89. The van der Waals surface area contributed by atoms with Gasteiger partial charge in [0.2, 0.25) is 5.95 Å². The Morgan fingerprint density at radius 2 is 2.00 bits per heavy atom. The van der Waals surface area contributed by atoms with Gasteiger partial charge in [0.25, 0.3) is 5.56 Å². The molecule has 2 aromatic rings. The van der Waals surface area contributed by atoms with Gasteiger partial charge < -0.3 is 4.90 Å². The number of aromatic nitrogens is 3. The summed E-state index contributed by atoms with van der Waals surface area (Å²) in [5.41, 5.74) is 4.43. The molecular formula is C14H18N6O. The van der Waals surface area contributed by atoms with Crippen molar-refractivity contribution in [3.63, 3.8) is 0 Å². The van der Waals surface area contributed by atoms with Gasteiger partial charge in [-0.15, -0.1) is 10.2 Å². The van der Waals surface area contributed by atoms with E-state index in [1.165, 1.54) is 5.69 Å². The molecule has 0 saturated carbocycles. The maximum Gasteiger partial charge on any atom is 0.271 e. The third-order valence-corrected chi connectivity index (χ3v) is 2.98. The molecule has 7 nitrogen and oxygen atoms in total. The Hall–Kier alpha value is -2.70. The average molecular weight is 286 g/mol. The summed E-state index contributed by atoms with van der Waals surface area (Å²) >= 11 is 0. The number of nitrogens with zero attached hydrogens (tertiary/aromatic N) is 4. The minimum Gasteiger partial charge on any atom is -0.372 e. The Kier molecular flexibility index (Phi) is 5.03. The Morgan fingerprint density at radius 1 is 1.29 bits per heavy atom. The molecule has 0 unspecified atom stereocenters. The SMILES string of the molecule is CCN(CC)c1ccc(/C=N/Nc2nncc(=O)[nH]2)cc1. The predicted molar refractivity (Wildman–Crippen MR) is 83.9 cm³/mol. The summed E-state index contributed by atoms with van der Waals surface area (Å²) in [5.74, 6) is 0.207. The molecule has 0 aliphatic rings. The normalized spacial score (nSPS) is 10.8. The van der Waals surface area contributed by atoms with Crippen LogP contribution in [0.4, 0.5) is 11.6 Å². The van der Waals surface area contributed by atoms with Gasteiger partial charge in [-0.3, -0.25) is 9.78 Å². The molecule has 0 saturated heterocycles. The summed E-state index contributed by atoms with van der Waals surface area (Å²) in [6.07, 6.45) is 2.75. The topological polar surface area (TPSA) is 86.3 Å². The van der Waals surface area contributed by atoms with E-state index in [-0.39, 0.29) is 11.5 Å². The van der Waals surface area contributed by atoms with Gasteiger partial charge in [0.1, 0.15) is 6.20 Å². The maximum absolute atomic E-state index is 11.0. The van der Waals surface area contributed by atoms with E-state index >= 15 is 0 Å². The number of H-pyrrole nitrogens is 1. The molecule has 0 atom stereocenters. The first kappa shape index (κ1) is 14.7. The molecular weight excluding hydrogens is 268 g/mol. The van der Waals surface area contributed by atoms with Crippen LogP contribution in [-0.4, -0.2) is 34.5 Å². The van der Waals surface area contributed by atoms with Gasteiger partial charge in [-0.25, -0.2) is 5.43 Å². The van der Waals surface area contributed by atoms with E-state index in [1.54, 1.807) is 6.21 Å². The van der Waals surface area contributed by atoms with Crippen LogP contribution in [0.2, 0.25) is 0 Å². The number of hydrogen-bond donors (Lipinski definition) is 2. The van der Waals surface area contributed by atoms with Crippen molar-refractivity contribution in [1.82, 2.24) is 15.2 Å². The van der Waals surface area contributed by atoms with Crippen molar-refractivity contribution in [2.45, 2.75) is 13.8 Å². The Bertz CT molecular complexity index is 645. The number of hydrogen-bond acceptors (Lipinski definition) is 6. The zero-order valence-electron chi connectivity index (χ0n) is 12.1. The van der Waals surface area contributed by atoms with Gasteiger partial charge >= 0.3 is 0 Å². The molecule has 110 valence electrons. The molecule has 1 aromatic heterocycles. The summed E-state index contributed by atoms with van der Waals surface area (Å²) in [6.45, 7) is 6.21. The highest BCUT2D eigenvalue weighted by molar-refractivity contribution is 5.80. The minimum atomic E-state index is -0.328. The molecule has 1 aromatic carbocycles. The van der Waals surface area contributed by atoms with E-state index in [4.69, 9.17) is 0 Å². The number of benzene rings is 1. The number of rotatable bonds is 6. The summed E-state index contributed by atoms with van der Waals surface area (Å²) < 4.78 is 0. The molecule has 2 N–H and O–H groups in total. The van der Waals surface area contributed by atoms with Crippen LogP contribution >= 0.6 is 0 Å². The van der Waals surface area contributed by atoms with Crippen molar-refractivity contribution in [2.24, 2.45) is 5.10 Å². The second-order valence-electron chi connectivity index (χ2n) is 4.32. The standard InChI is InChI=1S/C14H18N6O/c1-3-20(4-2)12-7-5-11(6-8-12)9-15-18-14-17-13(21)10-16-19-14/h5-10H,3-4H2,1-2H3,(H2,17,18,19,21)/b15-9+. The van der Waals surface area contributed by atoms with E-state index in [2.05, 4.69) is 56.6 Å². The molecule has 21 heavy (non-hydrogen) atoms. The lowest BCUT2D eigenvalue weighted by Crippen LogP contribution is -2.21. The summed E-state index contributed by atoms with van der Waals surface area (Å²) in [7, 11) is 0. The van der Waals surface area contributed by atoms with Gasteiger partial charge in [0.05, 0.1) is 6.21 Å². The number of hydrazone groups is 1. The van der Waals surface area contributed by atoms with E-state index in [0.717, 1.165) is 24.8 Å². The summed E-state index contributed by atoms with van der Waals surface area (Å²) in [4.78, 5) is 15.8. The lowest BCUT2D eigenvalue weighted by molar-refractivity contribution is 0.866. The zero-order valence-corrected chi connectivity index (χ0v) is 12.1. The van der Waals surface area contributed by atoms with E-state index in [0.29, 0.717) is 0 Å². The summed E-state index contributed by atoms with van der Waals surface area (Å²) in [5, 5.41) is 11.2. The second kappa shape index (κ2) is 7.18. The van der Waals surface area contributed by atoms with Crippen molar-refractivity contribution in [2.75, 3.05) is 23.4 Å². The number of nitrogens with one attached hydrogen (secondary N) is 2. The van der Waals surface area contributed by atoms with Crippen LogP contribution in [-0.2, 0) is 0 Å². The third-order valence-electron chi connectivity index (χ3n) is 2.98. The second-order valence-corrected chi connectivity index (χ2v) is 4.32. The largest absolute Gasteiger partial charge is 0.372 e. The van der Waals surface area contributed by atoms with Crippen LogP contribution < -0.4 is 15.9 Å². The zero-order chi connectivity index (χ0) is 15.1. The maximum atomic E-state index is 11.0. The Balaban J connectivity index is 2.00. The first-order chi connectivity index (χ1) is 10.2. The van der Waals surface area contributed by atoms with Crippen molar-refractivity contribution < 1.29 is 0 Å². The van der Waals surface area contributed by atoms with Crippen LogP contribution in [0.1, 0.15) is 19.4 Å². The molecule has 2 rings (SSSR count). The quantitative estimate of drug-likeness (QED) is 0.620. The monoisotopic (exact) mass is 286 g/mol. The van der Waals surface area contributed by atoms with Crippen LogP contribution in [0.25, 0.3) is 0 Å². The highest BCUT2D eigenvalue weighted by Crippen LogP contribution is 2.13. The van der Waals surface area contributed by atoms with E-state index < -0.39 is 0 Å². The smallest absolute Gasteiger partial charge is 0.271 e. The highest BCUT2D eigenvalue weighted by Gasteiger charge is 2.00. The van der Waals surface area contributed by atoms with Crippen molar-refractivity contribution in [3.05, 3.63) is 46.4 Å². The van der Waals surface area contributed by atoms with Gasteiger partial charge in [-0.2, -0.15) is 5.10 Å². The minimum absolute atomic E-state index is 0.207. The van der Waals surface area contributed by atoms with Gasteiger partial charge in [-0.05, 0) is 31.5 Å². The van der Waals surface area contributed by atoms with Gasteiger partial charge in [0, 0.05) is 18.8 Å². The highest BCUT2D eigenvalue weighted by atomic mass is 16.1.